The highest BCUT2D eigenvalue weighted by Crippen LogP contribution is 2.16. The van der Waals surface area contributed by atoms with E-state index in [1.807, 2.05) is 24.3 Å². The zero-order valence-electron chi connectivity index (χ0n) is 7.40. The van der Waals surface area contributed by atoms with E-state index in [2.05, 4.69) is 12.6 Å². The monoisotopic (exact) mass is 196 g/mol. The fourth-order valence-corrected chi connectivity index (χ4v) is 1.27. The molecule has 0 radical (unpaired) electrons. The maximum atomic E-state index is 10.6. The highest BCUT2D eigenvalue weighted by molar-refractivity contribution is 7.79. The van der Waals surface area contributed by atoms with E-state index in [1.165, 1.54) is 0 Å². The molecule has 0 saturated heterocycles. The summed E-state index contributed by atoms with van der Waals surface area (Å²) in [7, 11) is 0. The lowest BCUT2D eigenvalue weighted by Gasteiger charge is -2.06. The Bertz CT molecular complexity index is 292. The molecule has 13 heavy (non-hydrogen) atoms. The van der Waals surface area contributed by atoms with Crippen molar-refractivity contribution >= 4 is 18.6 Å². The van der Waals surface area contributed by atoms with Crippen molar-refractivity contribution in [1.82, 2.24) is 0 Å². The number of rotatable bonds is 3. The van der Waals surface area contributed by atoms with Gasteiger partial charge >= 0.3 is 5.97 Å². The Morgan fingerprint density at radius 3 is 2.38 bits per heavy atom. The molecular weight excluding hydrogens is 184 g/mol. The average molecular weight is 196 g/mol. The number of carbonyl (C=O) groups is 1. The Balaban J connectivity index is 2.85. The van der Waals surface area contributed by atoms with Crippen LogP contribution in [0.3, 0.4) is 0 Å². The molecule has 2 nitrogen and oxygen atoms in total. The molecule has 0 aromatic heterocycles. The lowest BCUT2D eigenvalue weighted by Crippen LogP contribution is -2.07. The van der Waals surface area contributed by atoms with Crippen LogP contribution in [0.2, 0.25) is 0 Å². The number of thiol groups is 1. The Morgan fingerprint density at radius 1 is 1.46 bits per heavy atom. The molecular formula is C10H12O2S. The third kappa shape index (κ3) is 2.49. The van der Waals surface area contributed by atoms with Gasteiger partial charge in [-0.1, -0.05) is 24.3 Å². The fraction of sp³-hybridized carbons (Fsp3) is 0.300. The summed E-state index contributed by atoms with van der Waals surface area (Å²) in [5, 5.41) is 8.75. The highest BCUT2D eigenvalue weighted by atomic mass is 32.1. The average Bonchev–Trinajstić information content (AvgIpc) is 2.17. The van der Waals surface area contributed by atoms with Crippen LogP contribution in [0, 0.1) is 0 Å². The molecule has 1 aromatic rings. The van der Waals surface area contributed by atoms with Gasteiger partial charge in [0.1, 0.15) is 0 Å². The van der Waals surface area contributed by atoms with Crippen molar-refractivity contribution in [3.05, 3.63) is 35.4 Å². The number of aliphatic carboxylic acids is 1. The van der Waals surface area contributed by atoms with Crippen molar-refractivity contribution in [2.24, 2.45) is 0 Å². The second-order valence-electron chi connectivity index (χ2n) is 2.96. The van der Waals surface area contributed by atoms with Crippen molar-refractivity contribution in [2.75, 3.05) is 0 Å². The van der Waals surface area contributed by atoms with Crippen molar-refractivity contribution in [2.45, 2.75) is 18.6 Å². The Hall–Kier alpha value is -0.960. The summed E-state index contributed by atoms with van der Waals surface area (Å²) < 4.78 is 0. The molecule has 1 N–H and O–H groups in total. The quantitative estimate of drug-likeness (QED) is 0.728. The summed E-state index contributed by atoms with van der Waals surface area (Å²) >= 11 is 4.12. The van der Waals surface area contributed by atoms with Gasteiger partial charge in [-0.05, 0) is 18.1 Å². The first-order chi connectivity index (χ1) is 6.15. The highest BCUT2D eigenvalue weighted by Gasteiger charge is 2.12. The second-order valence-corrected chi connectivity index (χ2v) is 3.28. The van der Waals surface area contributed by atoms with E-state index in [-0.39, 0.29) is 0 Å². The summed E-state index contributed by atoms with van der Waals surface area (Å²) in [5.41, 5.74) is 1.93. The first-order valence-corrected chi connectivity index (χ1v) is 4.71. The lowest BCUT2D eigenvalue weighted by atomic mass is 10.0. The SMILES string of the molecule is CC(C(=O)O)c1ccc(CS)cc1. The molecule has 0 aliphatic heterocycles. The van der Waals surface area contributed by atoms with Crippen LogP contribution in [0.1, 0.15) is 24.0 Å². The molecule has 1 rings (SSSR count). The molecule has 0 bridgehead atoms. The van der Waals surface area contributed by atoms with Crippen LogP contribution in [-0.2, 0) is 10.5 Å². The van der Waals surface area contributed by atoms with E-state index in [4.69, 9.17) is 5.11 Å². The van der Waals surface area contributed by atoms with Gasteiger partial charge in [0, 0.05) is 5.75 Å². The molecule has 0 aliphatic carbocycles. The van der Waals surface area contributed by atoms with Gasteiger partial charge in [0.05, 0.1) is 5.92 Å². The van der Waals surface area contributed by atoms with E-state index in [9.17, 15) is 4.79 Å². The third-order valence-electron chi connectivity index (χ3n) is 2.03. The minimum atomic E-state index is -0.793. The van der Waals surface area contributed by atoms with Gasteiger partial charge in [-0.2, -0.15) is 12.6 Å². The first kappa shape index (κ1) is 10.1. The number of hydrogen-bond acceptors (Lipinski definition) is 2. The lowest BCUT2D eigenvalue weighted by molar-refractivity contribution is -0.138. The van der Waals surface area contributed by atoms with Gasteiger partial charge in [-0.3, -0.25) is 4.79 Å². The van der Waals surface area contributed by atoms with Crippen molar-refractivity contribution < 1.29 is 9.90 Å². The van der Waals surface area contributed by atoms with Gasteiger partial charge in [-0.15, -0.1) is 0 Å². The first-order valence-electron chi connectivity index (χ1n) is 4.07. The van der Waals surface area contributed by atoms with Crippen molar-refractivity contribution in [3.63, 3.8) is 0 Å². The zero-order chi connectivity index (χ0) is 9.84. The zero-order valence-corrected chi connectivity index (χ0v) is 8.29. The molecule has 0 aliphatic rings. The Labute approximate surface area is 83.0 Å². The van der Waals surface area contributed by atoms with Crippen LogP contribution >= 0.6 is 12.6 Å². The van der Waals surface area contributed by atoms with Crippen LogP contribution in [0.25, 0.3) is 0 Å². The number of hydrogen-bond donors (Lipinski definition) is 2. The van der Waals surface area contributed by atoms with E-state index < -0.39 is 11.9 Å². The van der Waals surface area contributed by atoms with Crippen molar-refractivity contribution in [3.8, 4) is 0 Å². The molecule has 70 valence electrons. The van der Waals surface area contributed by atoms with Gasteiger partial charge in [0.2, 0.25) is 0 Å². The van der Waals surface area contributed by atoms with Crippen LogP contribution in [0.15, 0.2) is 24.3 Å². The largest absolute Gasteiger partial charge is 0.481 e. The molecule has 1 unspecified atom stereocenters. The van der Waals surface area contributed by atoms with Crippen LogP contribution in [-0.4, -0.2) is 11.1 Å². The molecule has 0 heterocycles. The summed E-state index contributed by atoms with van der Waals surface area (Å²) in [5.74, 6) is -0.547. The van der Waals surface area contributed by atoms with E-state index in [1.54, 1.807) is 6.92 Å². The van der Waals surface area contributed by atoms with Crippen LogP contribution in [0.5, 0.6) is 0 Å². The number of benzene rings is 1. The molecule has 0 amide bonds. The standard InChI is InChI=1S/C10H12O2S/c1-7(10(11)12)9-4-2-8(6-13)3-5-9/h2-5,7,13H,6H2,1H3,(H,11,12). The second kappa shape index (κ2) is 4.33. The smallest absolute Gasteiger partial charge is 0.310 e. The normalized spacial score (nSPS) is 12.5. The maximum Gasteiger partial charge on any atom is 0.310 e. The summed E-state index contributed by atoms with van der Waals surface area (Å²) in [6.07, 6.45) is 0. The van der Waals surface area contributed by atoms with Crippen LogP contribution in [0.4, 0.5) is 0 Å². The van der Waals surface area contributed by atoms with Crippen molar-refractivity contribution in [1.29, 1.82) is 0 Å². The van der Waals surface area contributed by atoms with Gasteiger partial charge < -0.3 is 5.11 Å². The Kier molecular flexibility index (Phi) is 3.37. The summed E-state index contributed by atoms with van der Waals surface area (Å²) in [6.45, 7) is 1.68. The fourth-order valence-electron chi connectivity index (χ4n) is 1.05. The third-order valence-corrected chi connectivity index (χ3v) is 2.40. The molecule has 0 saturated carbocycles. The topological polar surface area (TPSA) is 37.3 Å². The predicted molar refractivity (Wildman–Crippen MR) is 55.2 cm³/mol. The van der Waals surface area contributed by atoms with E-state index in [0.717, 1.165) is 11.1 Å². The molecule has 1 atom stereocenters. The summed E-state index contributed by atoms with van der Waals surface area (Å²) in [6, 6.07) is 7.48. The van der Waals surface area contributed by atoms with E-state index in [0.29, 0.717) is 5.75 Å². The minimum Gasteiger partial charge on any atom is -0.481 e. The van der Waals surface area contributed by atoms with Gasteiger partial charge in [0.25, 0.3) is 0 Å². The molecule has 0 spiro atoms. The summed E-state index contributed by atoms with van der Waals surface area (Å²) in [4.78, 5) is 10.6. The maximum absolute atomic E-state index is 10.6. The molecule has 0 fully saturated rings. The predicted octanol–water partition coefficient (Wildman–Crippen LogP) is 2.30. The van der Waals surface area contributed by atoms with Gasteiger partial charge in [0.15, 0.2) is 0 Å². The van der Waals surface area contributed by atoms with Gasteiger partial charge in [-0.25, -0.2) is 0 Å². The molecule has 1 aromatic carbocycles. The Morgan fingerprint density at radius 2 is 2.00 bits per heavy atom. The number of carboxylic acid groups (broad SMARTS) is 1. The minimum absolute atomic E-state index is 0.436. The molecule has 3 heteroatoms. The number of carboxylic acids is 1. The van der Waals surface area contributed by atoms with Crippen LogP contribution < -0.4 is 0 Å². The van der Waals surface area contributed by atoms with E-state index >= 15 is 0 Å².